The molecule has 1 aromatic rings. The topological polar surface area (TPSA) is 47.9 Å². The van der Waals surface area contributed by atoms with E-state index in [9.17, 15) is 4.79 Å². The molecule has 0 aliphatic carbocycles. The third-order valence-electron chi connectivity index (χ3n) is 3.76. The number of thioether (sulfide) groups is 1. The van der Waals surface area contributed by atoms with Crippen molar-refractivity contribution in [2.75, 3.05) is 39.5 Å². The highest BCUT2D eigenvalue weighted by molar-refractivity contribution is 7.98. The molecule has 0 fully saturated rings. The number of aliphatic imine (C=N–C) groups is 1. The highest BCUT2D eigenvalue weighted by atomic mass is 32.2. The zero-order valence-corrected chi connectivity index (χ0v) is 16.3. The molecule has 0 saturated carbocycles. The summed E-state index contributed by atoms with van der Waals surface area (Å²) in [6, 6.07) is 8.41. The minimum Gasteiger partial charge on any atom is -0.357 e. The lowest BCUT2D eigenvalue weighted by molar-refractivity contribution is -0.131. The predicted molar refractivity (Wildman–Crippen MR) is 104 cm³/mol. The van der Waals surface area contributed by atoms with E-state index in [0.29, 0.717) is 13.1 Å². The van der Waals surface area contributed by atoms with Crippen LogP contribution in [0.1, 0.15) is 26.3 Å². The third-order valence-corrected chi connectivity index (χ3v) is 4.50. The maximum Gasteiger partial charge on any atom is 0.242 e. The number of hydrogen-bond acceptors (Lipinski definition) is 3. The van der Waals surface area contributed by atoms with Gasteiger partial charge in [-0.25, -0.2) is 4.99 Å². The standard InChI is InChI=1S/C18H30N4OS/c1-6-19-18(21(4)14-17(23)22(7-2)8-3)20-13-15-9-11-16(24-5)12-10-15/h9-12H,6-8,13-14H2,1-5H3,(H,19,20). The van der Waals surface area contributed by atoms with Crippen molar-refractivity contribution < 1.29 is 4.79 Å². The number of benzene rings is 1. The van der Waals surface area contributed by atoms with Crippen molar-refractivity contribution in [3.63, 3.8) is 0 Å². The van der Waals surface area contributed by atoms with Gasteiger partial charge < -0.3 is 15.1 Å². The van der Waals surface area contributed by atoms with Crippen molar-refractivity contribution in [2.24, 2.45) is 4.99 Å². The number of nitrogens with one attached hydrogen (secondary N) is 1. The number of carbonyl (C=O) groups is 1. The summed E-state index contributed by atoms with van der Waals surface area (Å²) in [5.41, 5.74) is 1.16. The molecule has 24 heavy (non-hydrogen) atoms. The summed E-state index contributed by atoms with van der Waals surface area (Å²) in [6.45, 7) is 9.20. The SMILES string of the molecule is CCNC(=NCc1ccc(SC)cc1)N(C)CC(=O)N(CC)CC. The predicted octanol–water partition coefficient (Wildman–Crippen LogP) is 2.67. The zero-order valence-electron chi connectivity index (χ0n) is 15.5. The lowest BCUT2D eigenvalue weighted by Gasteiger charge is -2.25. The van der Waals surface area contributed by atoms with Gasteiger partial charge in [0.1, 0.15) is 0 Å². The smallest absolute Gasteiger partial charge is 0.242 e. The molecule has 1 rings (SSSR count). The lowest BCUT2D eigenvalue weighted by Crippen LogP contribution is -2.45. The second-order valence-electron chi connectivity index (χ2n) is 5.44. The maximum atomic E-state index is 12.3. The van der Waals surface area contributed by atoms with Gasteiger partial charge in [0.25, 0.3) is 0 Å². The quantitative estimate of drug-likeness (QED) is 0.445. The Balaban J connectivity index is 2.74. The maximum absolute atomic E-state index is 12.3. The molecule has 0 saturated heterocycles. The Morgan fingerprint density at radius 2 is 1.79 bits per heavy atom. The Morgan fingerprint density at radius 1 is 1.17 bits per heavy atom. The Kier molecular flexibility index (Phi) is 9.30. The monoisotopic (exact) mass is 350 g/mol. The van der Waals surface area contributed by atoms with Crippen LogP contribution in [0.25, 0.3) is 0 Å². The second-order valence-corrected chi connectivity index (χ2v) is 6.32. The first kappa shape index (κ1) is 20.4. The average molecular weight is 351 g/mol. The Labute approximate surface area is 150 Å². The summed E-state index contributed by atoms with van der Waals surface area (Å²) in [6.07, 6.45) is 2.07. The van der Waals surface area contributed by atoms with Crippen LogP contribution in [-0.2, 0) is 11.3 Å². The van der Waals surface area contributed by atoms with Crippen LogP contribution in [0, 0.1) is 0 Å². The van der Waals surface area contributed by atoms with E-state index in [0.717, 1.165) is 31.2 Å². The van der Waals surface area contributed by atoms with Gasteiger partial charge in [0.05, 0.1) is 13.1 Å². The fourth-order valence-corrected chi connectivity index (χ4v) is 2.73. The Bertz CT molecular complexity index is 526. The van der Waals surface area contributed by atoms with Gasteiger partial charge in [-0.1, -0.05) is 12.1 Å². The number of rotatable bonds is 8. The van der Waals surface area contributed by atoms with Crippen molar-refractivity contribution in [2.45, 2.75) is 32.2 Å². The van der Waals surface area contributed by atoms with Crippen molar-refractivity contribution >= 4 is 23.6 Å². The molecule has 5 nitrogen and oxygen atoms in total. The molecular formula is C18H30N4OS. The normalized spacial score (nSPS) is 11.3. The van der Waals surface area contributed by atoms with Gasteiger partial charge in [-0.2, -0.15) is 0 Å². The number of nitrogens with zero attached hydrogens (tertiary/aromatic N) is 3. The molecular weight excluding hydrogens is 320 g/mol. The van der Waals surface area contributed by atoms with Gasteiger partial charge >= 0.3 is 0 Å². The second kappa shape index (κ2) is 11.0. The van der Waals surface area contributed by atoms with Gasteiger partial charge in [-0.3, -0.25) is 4.79 Å². The third kappa shape index (κ3) is 6.43. The summed E-state index contributed by atoms with van der Waals surface area (Å²) >= 11 is 1.73. The van der Waals surface area contributed by atoms with Crippen molar-refractivity contribution in [3.8, 4) is 0 Å². The first-order valence-electron chi connectivity index (χ1n) is 8.45. The summed E-state index contributed by atoms with van der Waals surface area (Å²) < 4.78 is 0. The van der Waals surface area contributed by atoms with Gasteiger partial charge in [0.15, 0.2) is 5.96 Å². The van der Waals surface area contributed by atoms with Gasteiger partial charge in [0.2, 0.25) is 5.91 Å². The fraction of sp³-hybridized carbons (Fsp3) is 0.556. The van der Waals surface area contributed by atoms with E-state index in [1.807, 2.05) is 37.6 Å². The van der Waals surface area contributed by atoms with Crippen LogP contribution in [0.5, 0.6) is 0 Å². The van der Waals surface area contributed by atoms with E-state index in [1.54, 1.807) is 11.8 Å². The Hall–Kier alpha value is -1.69. The van der Waals surface area contributed by atoms with E-state index in [4.69, 9.17) is 0 Å². The molecule has 134 valence electrons. The number of likely N-dealkylation sites (N-methyl/N-ethyl adjacent to an activating group) is 2. The number of hydrogen-bond donors (Lipinski definition) is 1. The van der Waals surface area contributed by atoms with E-state index < -0.39 is 0 Å². The zero-order chi connectivity index (χ0) is 17.9. The van der Waals surface area contributed by atoms with Crippen molar-refractivity contribution in [3.05, 3.63) is 29.8 Å². The lowest BCUT2D eigenvalue weighted by atomic mass is 10.2. The van der Waals surface area contributed by atoms with Crippen molar-refractivity contribution in [1.29, 1.82) is 0 Å². The van der Waals surface area contributed by atoms with Crippen LogP contribution >= 0.6 is 11.8 Å². The Morgan fingerprint density at radius 3 is 2.29 bits per heavy atom. The number of guanidine groups is 1. The van der Waals surface area contributed by atoms with Gasteiger partial charge in [-0.15, -0.1) is 11.8 Å². The molecule has 0 unspecified atom stereocenters. The van der Waals surface area contributed by atoms with Crippen LogP contribution in [-0.4, -0.2) is 61.1 Å². The molecule has 0 heterocycles. The van der Waals surface area contributed by atoms with Crippen molar-refractivity contribution in [1.82, 2.24) is 15.1 Å². The average Bonchev–Trinajstić information content (AvgIpc) is 2.60. The first-order valence-corrected chi connectivity index (χ1v) is 9.68. The van der Waals surface area contributed by atoms with Gasteiger partial charge in [0, 0.05) is 31.6 Å². The molecule has 0 aliphatic rings. The molecule has 0 aliphatic heterocycles. The van der Waals surface area contributed by atoms with E-state index in [1.165, 1.54) is 4.90 Å². The highest BCUT2D eigenvalue weighted by Crippen LogP contribution is 2.15. The first-order chi connectivity index (χ1) is 11.5. The van der Waals surface area contributed by atoms with E-state index in [-0.39, 0.29) is 5.91 Å². The van der Waals surface area contributed by atoms with Gasteiger partial charge in [-0.05, 0) is 44.7 Å². The molecule has 1 aromatic carbocycles. The van der Waals surface area contributed by atoms with Crippen LogP contribution < -0.4 is 5.32 Å². The minimum atomic E-state index is 0.123. The summed E-state index contributed by atoms with van der Waals surface area (Å²) in [4.78, 5) is 21.9. The molecule has 6 heteroatoms. The number of carbonyl (C=O) groups excluding carboxylic acids is 1. The molecule has 1 N–H and O–H groups in total. The molecule has 0 spiro atoms. The summed E-state index contributed by atoms with van der Waals surface area (Å²) in [5.74, 6) is 0.879. The molecule has 0 radical (unpaired) electrons. The highest BCUT2D eigenvalue weighted by Gasteiger charge is 2.14. The van der Waals surface area contributed by atoms with E-state index in [2.05, 4.69) is 40.8 Å². The summed E-state index contributed by atoms with van der Waals surface area (Å²) in [5, 5.41) is 3.26. The largest absolute Gasteiger partial charge is 0.357 e. The minimum absolute atomic E-state index is 0.123. The van der Waals surface area contributed by atoms with Crippen LogP contribution in [0.15, 0.2) is 34.2 Å². The molecule has 0 bridgehead atoms. The number of amides is 1. The van der Waals surface area contributed by atoms with Crippen LogP contribution in [0.2, 0.25) is 0 Å². The summed E-state index contributed by atoms with van der Waals surface area (Å²) in [7, 11) is 1.90. The van der Waals surface area contributed by atoms with Crippen LogP contribution in [0.3, 0.4) is 0 Å². The van der Waals surface area contributed by atoms with Crippen LogP contribution in [0.4, 0.5) is 0 Å². The van der Waals surface area contributed by atoms with E-state index >= 15 is 0 Å². The molecule has 0 aromatic heterocycles. The molecule has 0 atom stereocenters. The molecule has 1 amide bonds. The fourth-order valence-electron chi connectivity index (χ4n) is 2.32.